The minimum atomic E-state index is -3.07. The second-order valence-electron chi connectivity index (χ2n) is 8.90. The molecule has 0 amide bonds. The molecule has 164 valence electrons. The van der Waals surface area contributed by atoms with Gasteiger partial charge in [-0.2, -0.15) is 0 Å². The Hall–Kier alpha value is -1.40. The van der Waals surface area contributed by atoms with Gasteiger partial charge < -0.3 is 9.47 Å². The van der Waals surface area contributed by atoms with Crippen molar-refractivity contribution in [3.63, 3.8) is 0 Å². The van der Waals surface area contributed by atoms with E-state index in [4.69, 9.17) is 9.47 Å². The summed E-state index contributed by atoms with van der Waals surface area (Å²) >= 11 is 0. The second kappa shape index (κ2) is 11.1. The van der Waals surface area contributed by atoms with Crippen LogP contribution in [-0.4, -0.2) is 44.0 Å². The third-order valence-corrected chi connectivity index (χ3v) is 8.03. The van der Waals surface area contributed by atoms with Crippen molar-refractivity contribution in [3.05, 3.63) is 29.8 Å². The zero-order chi connectivity index (χ0) is 21.3. The lowest BCUT2D eigenvalue weighted by molar-refractivity contribution is -0.118. The van der Waals surface area contributed by atoms with Crippen LogP contribution in [0.3, 0.4) is 0 Å². The maximum absolute atomic E-state index is 12.2. The topological polar surface area (TPSA) is 69.7 Å². The molecule has 1 aliphatic heterocycles. The molecule has 1 aliphatic rings. The van der Waals surface area contributed by atoms with Crippen LogP contribution in [0.25, 0.3) is 0 Å². The molecule has 1 aromatic rings. The van der Waals surface area contributed by atoms with Crippen LogP contribution in [0.5, 0.6) is 5.75 Å². The molecule has 6 heteroatoms. The molecule has 29 heavy (non-hydrogen) atoms. The van der Waals surface area contributed by atoms with Gasteiger partial charge in [-0.3, -0.25) is 4.79 Å². The van der Waals surface area contributed by atoms with Crippen molar-refractivity contribution in [2.24, 2.45) is 0 Å². The van der Waals surface area contributed by atoms with Gasteiger partial charge in [-0.1, -0.05) is 18.6 Å². The highest BCUT2D eigenvalue weighted by molar-refractivity contribution is 7.92. The van der Waals surface area contributed by atoms with Crippen LogP contribution >= 0.6 is 0 Å². The highest BCUT2D eigenvalue weighted by Crippen LogP contribution is 2.19. The molecule has 0 spiro atoms. The maximum atomic E-state index is 12.2. The van der Waals surface area contributed by atoms with Crippen LogP contribution in [-0.2, 0) is 25.8 Å². The fourth-order valence-corrected chi connectivity index (χ4v) is 4.44. The number of carbonyl (C=O) groups is 1. The molecule has 1 atom stereocenters. The quantitative estimate of drug-likeness (QED) is 0.489. The van der Waals surface area contributed by atoms with Crippen molar-refractivity contribution in [3.8, 4) is 5.75 Å². The standard InChI is InChI=1S/C23H36O5S/c1-23(2,3)29(25,26)16-8-4-5-9-20(24)17-19-11-13-21(14-12-19)28-18-22-10-6-7-15-27-22/h11-14,22H,4-10,15-18H2,1-3H3. The number of sulfone groups is 1. The molecule has 0 radical (unpaired) electrons. The summed E-state index contributed by atoms with van der Waals surface area (Å²) in [5, 5.41) is 0. The number of hydrogen-bond donors (Lipinski definition) is 0. The van der Waals surface area contributed by atoms with Crippen LogP contribution in [0.2, 0.25) is 0 Å². The average Bonchev–Trinajstić information content (AvgIpc) is 2.67. The Morgan fingerprint density at radius 1 is 1.10 bits per heavy atom. The monoisotopic (exact) mass is 424 g/mol. The van der Waals surface area contributed by atoms with Gasteiger partial charge in [0, 0.05) is 19.4 Å². The minimum absolute atomic E-state index is 0.184. The molecule has 0 aliphatic carbocycles. The number of Topliss-reactive ketones (excluding diaryl/α,β-unsaturated/α-hetero) is 1. The SMILES string of the molecule is CC(C)(C)S(=O)(=O)CCCCCC(=O)Cc1ccc(OCC2CCCCO2)cc1. The predicted octanol–water partition coefficient (Wildman–Crippen LogP) is 4.52. The third-order valence-electron chi connectivity index (χ3n) is 5.34. The van der Waals surface area contributed by atoms with Gasteiger partial charge >= 0.3 is 0 Å². The van der Waals surface area contributed by atoms with Crippen molar-refractivity contribution in [2.75, 3.05) is 19.0 Å². The normalized spacial score (nSPS) is 17.8. The van der Waals surface area contributed by atoms with Crippen molar-refractivity contribution in [1.82, 2.24) is 0 Å². The Bertz CT molecular complexity index is 726. The molecular weight excluding hydrogens is 388 g/mol. The summed E-state index contributed by atoms with van der Waals surface area (Å²) in [6, 6.07) is 7.68. The first kappa shape index (κ1) is 23.9. The number of hydrogen-bond acceptors (Lipinski definition) is 5. The summed E-state index contributed by atoms with van der Waals surface area (Å²) in [6.45, 7) is 6.58. The van der Waals surface area contributed by atoms with Gasteiger partial charge in [0.25, 0.3) is 0 Å². The van der Waals surface area contributed by atoms with E-state index in [0.29, 0.717) is 25.9 Å². The van der Waals surface area contributed by atoms with E-state index < -0.39 is 14.6 Å². The van der Waals surface area contributed by atoms with E-state index in [1.807, 2.05) is 24.3 Å². The lowest BCUT2D eigenvalue weighted by atomic mass is 10.0. The first-order valence-corrected chi connectivity index (χ1v) is 12.4. The Morgan fingerprint density at radius 2 is 1.83 bits per heavy atom. The average molecular weight is 425 g/mol. The Morgan fingerprint density at radius 3 is 2.45 bits per heavy atom. The minimum Gasteiger partial charge on any atom is -0.491 e. The van der Waals surface area contributed by atoms with E-state index >= 15 is 0 Å². The van der Waals surface area contributed by atoms with Crippen molar-refractivity contribution in [1.29, 1.82) is 0 Å². The fourth-order valence-electron chi connectivity index (χ4n) is 3.24. The summed E-state index contributed by atoms with van der Waals surface area (Å²) in [5.74, 6) is 1.18. The molecule has 1 saturated heterocycles. The summed E-state index contributed by atoms with van der Waals surface area (Å²) in [4.78, 5) is 12.2. The summed E-state index contributed by atoms with van der Waals surface area (Å²) < 4.78 is 34.9. The van der Waals surface area contributed by atoms with Gasteiger partial charge in [0.05, 0.1) is 16.6 Å². The largest absolute Gasteiger partial charge is 0.491 e. The van der Waals surface area contributed by atoms with E-state index in [-0.39, 0.29) is 17.6 Å². The highest BCUT2D eigenvalue weighted by atomic mass is 32.2. The van der Waals surface area contributed by atoms with Crippen LogP contribution in [0.4, 0.5) is 0 Å². The molecule has 0 aromatic heterocycles. The molecule has 1 aromatic carbocycles. The Balaban J connectivity index is 1.63. The smallest absolute Gasteiger partial charge is 0.155 e. The molecule has 2 rings (SSSR count). The number of rotatable bonds is 11. The number of ether oxygens (including phenoxy) is 2. The van der Waals surface area contributed by atoms with E-state index in [9.17, 15) is 13.2 Å². The lowest BCUT2D eigenvalue weighted by Gasteiger charge is -2.22. The fraction of sp³-hybridized carbons (Fsp3) is 0.696. The summed E-state index contributed by atoms with van der Waals surface area (Å²) in [6.07, 6.45) is 6.58. The molecule has 0 N–H and O–H groups in total. The van der Waals surface area contributed by atoms with Crippen LogP contribution in [0.15, 0.2) is 24.3 Å². The molecule has 1 unspecified atom stereocenters. The van der Waals surface area contributed by atoms with Gasteiger partial charge in [0.2, 0.25) is 0 Å². The number of benzene rings is 1. The second-order valence-corrected chi connectivity index (χ2v) is 11.8. The third kappa shape index (κ3) is 8.47. The molecule has 5 nitrogen and oxygen atoms in total. The van der Waals surface area contributed by atoms with Gasteiger partial charge in [-0.15, -0.1) is 0 Å². The van der Waals surface area contributed by atoms with Gasteiger partial charge in [-0.05, 0) is 70.6 Å². The van der Waals surface area contributed by atoms with Crippen LogP contribution in [0.1, 0.15) is 71.3 Å². The van der Waals surface area contributed by atoms with E-state index in [1.54, 1.807) is 20.8 Å². The lowest BCUT2D eigenvalue weighted by Crippen LogP contribution is -2.30. The first-order valence-electron chi connectivity index (χ1n) is 10.7. The Labute approximate surface area is 176 Å². The maximum Gasteiger partial charge on any atom is 0.155 e. The van der Waals surface area contributed by atoms with Crippen molar-refractivity contribution < 1.29 is 22.7 Å². The van der Waals surface area contributed by atoms with E-state index in [0.717, 1.165) is 43.6 Å². The van der Waals surface area contributed by atoms with Crippen LogP contribution < -0.4 is 4.74 Å². The van der Waals surface area contributed by atoms with Crippen molar-refractivity contribution in [2.45, 2.75) is 83.0 Å². The molecule has 1 fully saturated rings. The van der Waals surface area contributed by atoms with Gasteiger partial charge in [0.15, 0.2) is 9.84 Å². The van der Waals surface area contributed by atoms with Gasteiger partial charge in [0.1, 0.15) is 18.1 Å². The van der Waals surface area contributed by atoms with E-state index in [2.05, 4.69) is 0 Å². The summed E-state index contributed by atoms with van der Waals surface area (Å²) in [5.41, 5.74) is 0.978. The van der Waals surface area contributed by atoms with Crippen LogP contribution in [0, 0.1) is 0 Å². The summed E-state index contributed by atoms with van der Waals surface area (Å²) in [7, 11) is -3.07. The number of unbranched alkanes of at least 4 members (excludes halogenated alkanes) is 2. The van der Waals surface area contributed by atoms with Gasteiger partial charge in [-0.25, -0.2) is 8.42 Å². The first-order chi connectivity index (χ1) is 13.7. The molecular formula is C23H36O5S. The number of carbonyl (C=O) groups excluding carboxylic acids is 1. The van der Waals surface area contributed by atoms with Crippen molar-refractivity contribution >= 4 is 15.6 Å². The highest BCUT2D eigenvalue weighted by Gasteiger charge is 2.27. The molecule has 0 saturated carbocycles. The molecule has 0 bridgehead atoms. The predicted molar refractivity (Wildman–Crippen MR) is 116 cm³/mol. The Kier molecular flexibility index (Phi) is 9.15. The van der Waals surface area contributed by atoms with E-state index in [1.165, 1.54) is 6.42 Å². The number of ketones is 1. The zero-order valence-corrected chi connectivity index (χ0v) is 18.9. The zero-order valence-electron chi connectivity index (χ0n) is 18.1. The molecule has 1 heterocycles.